The van der Waals surface area contributed by atoms with E-state index in [9.17, 15) is 4.79 Å². The summed E-state index contributed by atoms with van der Waals surface area (Å²) in [5.74, 6) is 2.59. The molecular formula is C22H23N5O4S. The summed E-state index contributed by atoms with van der Waals surface area (Å²) < 4.78 is 18.2. The Morgan fingerprint density at radius 3 is 2.78 bits per heavy atom. The molecule has 0 saturated carbocycles. The van der Waals surface area contributed by atoms with Crippen LogP contribution >= 0.6 is 11.8 Å². The SMILES string of the molecule is COc1ccc(-n2nnnc2SCC(=O)N2CCC[C@H]2c2ccc3c(c2)OCCO3)cc1. The monoisotopic (exact) mass is 453 g/mol. The van der Waals surface area contributed by atoms with Gasteiger partial charge in [-0.05, 0) is 65.2 Å². The number of aromatic nitrogens is 4. The van der Waals surface area contributed by atoms with E-state index in [2.05, 4.69) is 15.5 Å². The zero-order valence-electron chi connectivity index (χ0n) is 17.6. The molecule has 5 rings (SSSR count). The molecular weight excluding hydrogens is 430 g/mol. The minimum Gasteiger partial charge on any atom is -0.497 e. The van der Waals surface area contributed by atoms with E-state index in [0.29, 0.717) is 18.4 Å². The van der Waals surface area contributed by atoms with Crippen LogP contribution in [-0.4, -0.2) is 63.6 Å². The molecule has 0 spiro atoms. The fraction of sp³-hybridized carbons (Fsp3) is 0.364. The maximum Gasteiger partial charge on any atom is 0.233 e. The third kappa shape index (κ3) is 4.10. The highest BCUT2D eigenvalue weighted by atomic mass is 32.2. The van der Waals surface area contributed by atoms with Crippen molar-refractivity contribution in [2.75, 3.05) is 32.6 Å². The van der Waals surface area contributed by atoms with Crippen molar-refractivity contribution in [2.45, 2.75) is 24.0 Å². The first-order chi connectivity index (χ1) is 15.7. The van der Waals surface area contributed by atoms with Crippen LogP contribution in [0.2, 0.25) is 0 Å². The number of hydrogen-bond donors (Lipinski definition) is 0. The molecule has 1 fully saturated rings. The van der Waals surface area contributed by atoms with Crippen molar-refractivity contribution < 1.29 is 19.0 Å². The molecule has 32 heavy (non-hydrogen) atoms. The highest BCUT2D eigenvalue weighted by Crippen LogP contribution is 2.38. The number of benzene rings is 2. The van der Waals surface area contributed by atoms with Gasteiger partial charge in [-0.3, -0.25) is 4.79 Å². The number of hydrogen-bond acceptors (Lipinski definition) is 8. The summed E-state index contributed by atoms with van der Waals surface area (Å²) in [6.45, 7) is 1.85. The third-order valence-electron chi connectivity index (χ3n) is 5.61. The number of fused-ring (bicyclic) bond motifs is 1. The van der Waals surface area contributed by atoms with Gasteiger partial charge in [0.05, 0.1) is 24.6 Å². The number of nitrogens with zero attached hydrogens (tertiary/aromatic N) is 5. The molecule has 0 radical (unpaired) electrons. The number of thioether (sulfide) groups is 1. The van der Waals surface area contributed by atoms with Crippen molar-refractivity contribution >= 4 is 17.7 Å². The molecule has 0 unspecified atom stereocenters. The van der Waals surface area contributed by atoms with Gasteiger partial charge in [0.15, 0.2) is 11.5 Å². The Hall–Kier alpha value is -3.27. The van der Waals surface area contributed by atoms with Gasteiger partial charge in [-0.2, -0.15) is 4.68 Å². The van der Waals surface area contributed by atoms with Crippen molar-refractivity contribution in [1.82, 2.24) is 25.1 Å². The topological polar surface area (TPSA) is 91.6 Å². The quantitative estimate of drug-likeness (QED) is 0.526. The van der Waals surface area contributed by atoms with Crippen LogP contribution < -0.4 is 14.2 Å². The second-order valence-corrected chi connectivity index (χ2v) is 8.45. The summed E-state index contributed by atoms with van der Waals surface area (Å²) >= 11 is 1.33. The Morgan fingerprint density at radius 1 is 1.16 bits per heavy atom. The number of likely N-dealkylation sites (tertiary alicyclic amines) is 1. The first-order valence-corrected chi connectivity index (χ1v) is 11.5. The van der Waals surface area contributed by atoms with Crippen LogP contribution in [0.15, 0.2) is 47.6 Å². The molecule has 2 aromatic carbocycles. The van der Waals surface area contributed by atoms with Gasteiger partial charge in [0.2, 0.25) is 11.1 Å². The second-order valence-electron chi connectivity index (χ2n) is 7.51. The van der Waals surface area contributed by atoms with Crippen molar-refractivity contribution in [2.24, 2.45) is 0 Å². The fourth-order valence-corrected chi connectivity index (χ4v) is 4.82. The van der Waals surface area contributed by atoms with Crippen molar-refractivity contribution in [3.8, 4) is 22.9 Å². The smallest absolute Gasteiger partial charge is 0.233 e. The minimum atomic E-state index is 0.0384. The van der Waals surface area contributed by atoms with Gasteiger partial charge in [-0.1, -0.05) is 17.8 Å². The number of ether oxygens (including phenoxy) is 3. The molecule has 0 aliphatic carbocycles. The lowest BCUT2D eigenvalue weighted by Gasteiger charge is -2.26. The van der Waals surface area contributed by atoms with Crippen LogP contribution in [-0.2, 0) is 4.79 Å². The van der Waals surface area contributed by atoms with Gasteiger partial charge in [-0.25, -0.2) is 0 Å². The molecule has 2 aliphatic heterocycles. The lowest BCUT2D eigenvalue weighted by molar-refractivity contribution is -0.129. The summed E-state index contributed by atoms with van der Waals surface area (Å²) in [6, 6.07) is 13.4. The van der Waals surface area contributed by atoms with Gasteiger partial charge in [0.1, 0.15) is 19.0 Å². The number of carbonyl (C=O) groups is 1. The number of carbonyl (C=O) groups excluding carboxylic acids is 1. The second kappa shape index (κ2) is 9.07. The molecule has 2 aliphatic rings. The van der Waals surface area contributed by atoms with E-state index < -0.39 is 0 Å². The van der Waals surface area contributed by atoms with Crippen molar-refractivity contribution in [1.29, 1.82) is 0 Å². The predicted octanol–water partition coefficient (Wildman–Crippen LogP) is 2.90. The average molecular weight is 454 g/mol. The van der Waals surface area contributed by atoms with Crippen molar-refractivity contribution in [3.63, 3.8) is 0 Å². The van der Waals surface area contributed by atoms with E-state index in [1.54, 1.807) is 11.8 Å². The van der Waals surface area contributed by atoms with E-state index in [-0.39, 0.29) is 17.7 Å². The zero-order chi connectivity index (χ0) is 21.9. The molecule has 9 nitrogen and oxygen atoms in total. The molecule has 1 atom stereocenters. The van der Waals surface area contributed by atoms with Crippen molar-refractivity contribution in [3.05, 3.63) is 48.0 Å². The fourth-order valence-electron chi connectivity index (χ4n) is 4.04. The molecule has 1 saturated heterocycles. The lowest BCUT2D eigenvalue weighted by atomic mass is 10.0. The molecule has 3 aromatic rings. The van der Waals surface area contributed by atoms with Crippen LogP contribution in [0.25, 0.3) is 5.69 Å². The molecule has 3 heterocycles. The Balaban J connectivity index is 1.27. The van der Waals surface area contributed by atoms with E-state index in [4.69, 9.17) is 14.2 Å². The summed E-state index contributed by atoms with van der Waals surface area (Å²) in [5.41, 5.74) is 1.88. The van der Waals surface area contributed by atoms with E-state index in [1.807, 2.05) is 47.4 Å². The standard InChI is InChI=1S/C22H23N5O4S/c1-29-17-7-5-16(6-8-17)27-22(23-24-25-27)32-14-21(28)26-10-2-3-18(26)15-4-9-19-20(13-15)31-12-11-30-19/h4-9,13,18H,2-3,10-12,14H2,1H3/t18-/m0/s1. The molecule has 0 bridgehead atoms. The molecule has 1 amide bonds. The maximum atomic E-state index is 13.1. The Kier molecular flexibility index (Phi) is 5.85. The third-order valence-corrected chi connectivity index (χ3v) is 6.51. The summed E-state index contributed by atoms with van der Waals surface area (Å²) in [5, 5.41) is 12.5. The minimum absolute atomic E-state index is 0.0384. The molecule has 166 valence electrons. The van der Waals surface area contributed by atoms with Gasteiger partial charge < -0.3 is 19.1 Å². The molecule has 1 aromatic heterocycles. The average Bonchev–Trinajstić information content (AvgIpc) is 3.52. The maximum absolute atomic E-state index is 13.1. The lowest BCUT2D eigenvalue weighted by Crippen LogP contribution is -2.32. The largest absolute Gasteiger partial charge is 0.497 e. The first kappa shape index (κ1) is 20.6. The Labute approximate surface area is 189 Å². The summed E-state index contributed by atoms with van der Waals surface area (Å²) in [7, 11) is 1.62. The van der Waals surface area contributed by atoms with Crippen LogP contribution in [0.1, 0.15) is 24.4 Å². The van der Waals surface area contributed by atoms with Crippen LogP contribution in [0.5, 0.6) is 17.2 Å². The molecule has 0 N–H and O–H groups in total. The number of rotatable bonds is 6. The van der Waals surface area contributed by atoms with Gasteiger partial charge in [0, 0.05) is 6.54 Å². The summed E-state index contributed by atoms with van der Waals surface area (Å²) in [4.78, 5) is 15.0. The summed E-state index contributed by atoms with van der Waals surface area (Å²) in [6.07, 6.45) is 1.90. The normalized spacial score (nSPS) is 17.4. The number of tetrazole rings is 1. The van der Waals surface area contributed by atoms with Crippen LogP contribution in [0.3, 0.4) is 0 Å². The predicted molar refractivity (Wildman–Crippen MR) is 118 cm³/mol. The first-order valence-electron chi connectivity index (χ1n) is 10.5. The Bertz CT molecular complexity index is 1100. The van der Waals surface area contributed by atoms with Gasteiger partial charge in [-0.15, -0.1) is 5.10 Å². The number of amides is 1. The van der Waals surface area contributed by atoms with Gasteiger partial charge >= 0.3 is 0 Å². The van der Waals surface area contributed by atoms with E-state index >= 15 is 0 Å². The van der Waals surface area contributed by atoms with Crippen LogP contribution in [0, 0.1) is 0 Å². The zero-order valence-corrected chi connectivity index (χ0v) is 18.5. The van der Waals surface area contributed by atoms with E-state index in [1.165, 1.54) is 11.8 Å². The van der Waals surface area contributed by atoms with Crippen LogP contribution in [0.4, 0.5) is 0 Å². The highest BCUT2D eigenvalue weighted by molar-refractivity contribution is 7.99. The Morgan fingerprint density at radius 2 is 1.97 bits per heavy atom. The highest BCUT2D eigenvalue weighted by Gasteiger charge is 2.31. The molecule has 10 heteroatoms. The van der Waals surface area contributed by atoms with Gasteiger partial charge in [0.25, 0.3) is 0 Å². The van der Waals surface area contributed by atoms with E-state index in [0.717, 1.165) is 47.9 Å². The number of methoxy groups -OCH3 is 1.